The summed E-state index contributed by atoms with van der Waals surface area (Å²) in [6.45, 7) is 4.20. The highest BCUT2D eigenvalue weighted by atomic mass is 16.6. The minimum Gasteiger partial charge on any atom is -0.447 e. The van der Waals surface area contributed by atoms with Crippen molar-refractivity contribution in [3.63, 3.8) is 0 Å². The molecular weight excluding hydrogens is 244 g/mol. The summed E-state index contributed by atoms with van der Waals surface area (Å²) in [6, 6.07) is 7.92. The van der Waals surface area contributed by atoms with Crippen molar-refractivity contribution in [3.05, 3.63) is 41.3 Å². The average Bonchev–Trinajstić information content (AvgIpc) is 2.97. The van der Waals surface area contributed by atoms with Crippen LogP contribution < -0.4 is 5.32 Å². The average molecular weight is 258 g/mol. The van der Waals surface area contributed by atoms with E-state index in [1.165, 1.54) is 0 Å². The Bertz CT molecular complexity index is 597. The molecule has 1 amide bonds. The summed E-state index contributed by atoms with van der Waals surface area (Å²) in [7, 11) is 0. The third kappa shape index (κ3) is 2.07. The molecule has 0 aliphatic carbocycles. The van der Waals surface area contributed by atoms with Gasteiger partial charge < -0.3 is 14.6 Å². The van der Waals surface area contributed by atoms with Crippen LogP contribution >= 0.6 is 0 Å². The zero-order valence-corrected chi connectivity index (χ0v) is 10.8. The third-order valence-corrected chi connectivity index (χ3v) is 3.31. The van der Waals surface area contributed by atoms with Crippen molar-refractivity contribution >= 4 is 6.09 Å². The second kappa shape index (κ2) is 4.42. The molecule has 1 saturated heterocycles. The van der Waals surface area contributed by atoms with Gasteiger partial charge in [0.05, 0.1) is 11.7 Å². The van der Waals surface area contributed by atoms with Crippen LogP contribution in [0.3, 0.4) is 0 Å². The van der Waals surface area contributed by atoms with Crippen molar-refractivity contribution < 1.29 is 14.1 Å². The van der Waals surface area contributed by atoms with E-state index in [1.807, 2.05) is 38.1 Å². The van der Waals surface area contributed by atoms with Gasteiger partial charge in [0.15, 0.2) is 0 Å². The fraction of sp³-hybridized carbons (Fsp3) is 0.286. The number of benzene rings is 1. The molecule has 0 spiro atoms. The number of rotatable bonds is 2. The van der Waals surface area contributed by atoms with Crippen LogP contribution in [0.1, 0.15) is 23.1 Å². The lowest BCUT2D eigenvalue weighted by molar-refractivity contribution is 0.177. The first-order valence-corrected chi connectivity index (χ1v) is 6.11. The van der Waals surface area contributed by atoms with E-state index in [1.54, 1.807) is 0 Å². The molecule has 1 aromatic carbocycles. The van der Waals surface area contributed by atoms with Crippen molar-refractivity contribution in [1.82, 2.24) is 10.5 Å². The number of aryl methyl sites for hydroxylation is 2. The van der Waals surface area contributed by atoms with Crippen LogP contribution in [0.2, 0.25) is 0 Å². The summed E-state index contributed by atoms with van der Waals surface area (Å²) in [5.74, 6) is 0.808. The lowest BCUT2D eigenvalue weighted by Gasteiger charge is -2.08. The smallest absolute Gasteiger partial charge is 0.407 e. The van der Waals surface area contributed by atoms with E-state index in [2.05, 4.69) is 10.5 Å². The minimum absolute atomic E-state index is 0.0637. The van der Waals surface area contributed by atoms with Crippen molar-refractivity contribution in [2.24, 2.45) is 0 Å². The van der Waals surface area contributed by atoms with Gasteiger partial charge >= 0.3 is 6.09 Å². The van der Waals surface area contributed by atoms with Gasteiger partial charge in [-0.05, 0) is 25.0 Å². The number of nitrogens with zero attached hydrogens (tertiary/aromatic N) is 1. The van der Waals surface area contributed by atoms with Gasteiger partial charge in [-0.25, -0.2) is 4.79 Å². The number of carbonyl (C=O) groups excluding carboxylic acids is 1. The summed E-state index contributed by atoms with van der Waals surface area (Å²) < 4.78 is 10.1. The van der Waals surface area contributed by atoms with Crippen molar-refractivity contribution in [1.29, 1.82) is 0 Å². The fourth-order valence-electron chi connectivity index (χ4n) is 2.34. The Morgan fingerprint density at radius 3 is 2.53 bits per heavy atom. The fourth-order valence-corrected chi connectivity index (χ4v) is 2.34. The molecule has 5 heteroatoms. The molecule has 1 N–H and O–H groups in total. The molecule has 98 valence electrons. The molecule has 1 atom stereocenters. The van der Waals surface area contributed by atoms with Crippen LogP contribution in [-0.4, -0.2) is 17.9 Å². The Hall–Kier alpha value is -2.30. The highest BCUT2D eigenvalue weighted by molar-refractivity contribution is 5.71. The first kappa shape index (κ1) is 11.8. The Balaban J connectivity index is 1.89. The topological polar surface area (TPSA) is 64.4 Å². The number of nitrogens with one attached hydrogen (secondary N) is 1. The first-order chi connectivity index (χ1) is 9.15. The highest BCUT2D eigenvalue weighted by Gasteiger charge is 2.23. The molecule has 1 aromatic heterocycles. The van der Waals surface area contributed by atoms with Gasteiger partial charge in [-0.15, -0.1) is 0 Å². The number of hydrogen-bond acceptors (Lipinski definition) is 4. The predicted octanol–water partition coefficient (Wildman–Crippen LogP) is 2.74. The maximum absolute atomic E-state index is 11.0. The molecule has 19 heavy (non-hydrogen) atoms. The molecule has 3 rings (SSSR count). The van der Waals surface area contributed by atoms with E-state index in [-0.39, 0.29) is 12.1 Å². The second-order valence-corrected chi connectivity index (χ2v) is 4.62. The first-order valence-electron chi connectivity index (χ1n) is 6.11. The standard InChI is InChI=1S/C14H14N2O3/c1-8-13(9(2)19-16-8)11-5-3-10(4-6-11)12-7-18-14(17)15-12/h3-6,12H,7H2,1-2H3,(H,15,17)/t12-/m0/s1. The molecule has 1 aliphatic heterocycles. The molecule has 1 fully saturated rings. The number of carbonyl (C=O) groups is 1. The van der Waals surface area contributed by atoms with Crippen LogP contribution in [0.4, 0.5) is 4.79 Å². The Morgan fingerprint density at radius 1 is 1.26 bits per heavy atom. The number of ether oxygens (including phenoxy) is 1. The predicted molar refractivity (Wildman–Crippen MR) is 68.6 cm³/mol. The van der Waals surface area contributed by atoms with Crippen LogP contribution in [0.25, 0.3) is 11.1 Å². The van der Waals surface area contributed by atoms with Crippen molar-refractivity contribution in [3.8, 4) is 11.1 Å². The van der Waals surface area contributed by atoms with Crippen LogP contribution in [0.15, 0.2) is 28.8 Å². The molecule has 5 nitrogen and oxygen atoms in total. The van der Waals surface area contributed by atoms with E-state index in [4.69, 9.17) is 9.26 Å². The monoisotopic (exact) mass is 258 g/mol. The van der Waals surface area contributed by atoms with Gasteiger partial charge in [0.25, 0.3) is 0 Å². The quantitative estimate of drug-likeness (QED) is 0.899. The Labute approximate surface area is 110 Å². The maximum Gasteiger partial charge on any atom is 0.407 e. The van der Waals surface area contributed by atoms with Crippen LogP contribution in [0.5, 0.6) is 0 Å². The van der Waals surface area contributed by atoms with Gasteiger partial charge in [0.2, 0.25) is 0 Å². The number of hydrogen-bond donors (Lipinski definition) is 1. The lowest BCUT2D eigenvalue weighted by atomic mass is 10.0. The van der Waals surface area contributed by atoms with Crippen LogP contribution in [-0.2, 0) is 4.74 Å². The number of amides is 1. The van der Waals surface area contributed by atoms with Crippen LogP contribution in [0, 0.1) is 13.8 Å². The van der Waals surface area contributed by atoms with Gasteiger partial charge in [-0.2, -0.15) is 0 Å². The molecule has 2 heterocycles. The third-order valence-electron chi connectivity index (χ3n) is 3.31. The van der Waals surface area contributed by atoms with E-state index in [0.717, 1.165) is 28.1 Å². The molecule has 1 aliphatic rings. The van der Waals surface area contributed by atoms with Gasteiger partial charge in [-0.3, -0.25) is 0 Å². The second-order valence-electron chi connectivity index (χ2n) is 4.62. The summed E-state index contributed by atoms with van der Waals surface area (Å²) in [5.41, 5.74) is 3.99. The summed E-state index contributed by atoms with van der Waals surface area (Å²) >= 11 is 0. The minimum atomic E-state index is -0.361. The van der Waals surface area contributed by atoms with Crippen molar-refractivity contribution in [2.45, 2.75) is 19.9 Å². The number of cyclic esters (lactones) is 1. The molecule has 0 unspecified atom stereocenters. The zero-order valence-electron chi connectivity index (χ0n) is 10.8. The summed E-state index contributed by atoms with van der Waals surface area (Å²) in [5, 5.41) is 6.71. The van der Waals surface area contributed by atoms with E-state index >= 15 is 0 Å². The Morgan fingerprint density at radius 2 is 2.00 bits per heavy atom. The molecule has 0 bridgehead atoms. The molecule has 0 radical (unpaired) electrons. The normalized spacial score (nSPS) is 18.2. The summed E-state index contributed by atoms with van der Waals surface area (Å²) in [6.07, 6.45) is -0.361. The highest BCUT2D eigenvalue weighted by Crippen LogP contribution is 2.28. The SMILES string of the molecule is Cc1noc(C)c1-c1ccc([C@@H]2COC(=O)N2)cc1. The van der Waals surface area contributed by atoms with E-state index < -0.39 is 0 Å². The van der Waals surface area contributed by atoms with Gasteiger partial charge in [-0.1, -0.05) is 29.4 Å². The Kier molecular flexibility index (Phi) is 2.74. The van der Waals surface area contributed by atoms with E-state index in [9.17, 15) is 4.79 Å². The van der Waals surface area contributed by atoms with Crippen molar-refractivity contribution in [2.75, 3.05) is 6.61 Å². The zero-order chi connectivity index (χ0) is 13.4. The maximum atomic E-state index is 11.0. The molecule has 0 saturated carbocycles. The summed E-state index contributed by atoms with van der Waals surface area (Å²) in [4.78, 5) is 11.0. The number of aromatic nitrogens is 1. The van der Waals surface area contributed by atoms with E-state index in [0.29, 0.717) is 6.61 Å². The number of alkyl carbamates (subject to hydrolysis) is 1. The molecular formula is C14H14N2O3. The molecule has 2 aromatic rings. The van der Waals surface area contributed by atoms with Gasteiger partial charge in [0.1, 0.15) is 12.4 Å². The largest absolute Gasteiger partial charge is 0.447 e. The lowest BCUT2D eigenvalue weighted by Crippen LogP contribution is -2.18. The van der Waals surface area contributed by atoms with Gasteiger partial charge in [0, 0.05) is 5.56 Å².